The van der Waals surface area contributed by atoms with Gasteiger partial charge in [-0.25, -0.2) is 0 Å². The van der Waals surface area contributed by atoms with Gasteiger partial charge in [-0.2, -0.15) is 0 Å². The molecular weight excluding hydrogens is 723 g/mol. The van der Waals surface area contributed by atoms with E-state index in [4.69, 9.17) is 0 Å². The third kappa shape index (κ3) is 4.93. The Morgan fingerprint density at radius 3 is 1.62 bits per heavy atom. The predicted octanol–water partition coefficient (Wildman–Crippen LogP) is 16.2. The predicted molar refractivity (Wildman–Crippen MR) is 254 cm³/mol. The number of hydrogen-bond donors (Lipinski definition) is 0. The Hall–Kier alpha value is -6.44. The van der Waals surface area contributed by atoms with Gasteiger partial charge >= 0.3 is 0 Å². The van der Waals surface area contributed by atoms with Crippen LogP contribution in [0.3, 0.4) is 0 Å². The lowest BCUT2D eigenvalue weighted by Crippen LogP contribution is -2.23. The van der Waals surface area contributed by atoms with Gasteiger partial charge in [-0.3, -0.25) is 0 Å². The van der Waals surface area contributed by atoms with Crippen LogP contribution in [0.5, 0.6) is 0 Å². The summed E-state index contributed by atoms with van der Waals surface area (Å²) in [5, 5.41) is 0. The van der Waals surface area contributed by atoms with Crippen LogP contribution in [0.2, 0.25) is 0 Å². The summed E-state index contributed by atoms with van der Waals surface area (Å²) in [4.78, 5) is 2.59. The van der Waals surface area contributed by atoms with Gasteiger partial charge in [0.25, 0.3) is 0 Å². The first-order chi connectivity index (χ1) is 29.2. The van der Waals surface area contributed by atoms with Gasteiger partial charge in [-0.1, -0.05) is 193 Å². The van der Waals surface area contributed by atoms with E-state index in [9.17, 15) is 0 Å². The van der Waals surface area contributed by atoms with E-state index in [-0.39, 0.29) is 16.2 Å². The molecule has 0 fully saturated rings. The highest BCUT2D eigenvalue weighted by molar-refractivity contribution is 6.02. The summed E-state index contributed by atoms with van der Waals surface area (Å²) < 4.78 is 0. The van der Waals surface area contributed by atoms with E-state index in [1.807, 2.05) is 0 Å². The fraction of sp³-hybridized carbons (Fsp3) is 0.186. The maximum atomic E-state index is 2.59. The molecule has 0 radical (unpaired) electrons. The largest absolute Gasteiger partial charge is 0.309 e. The third-order valence-electron chi connectivity index (χ3n) is 14.8. The standard InChI is InChI=1S/C59H51N/c1-7-59(8-2)49-32-15-11-26-46(49)55-51(59)34-20-36-53(55)60(39-22-17-21-38(37-39)40-27-18-29-44-41-23-9-13-30-47(41)58(5,6)56(40)44)52-35-16-12-24-42(52)43-28-19-33-50-54(43)45-25-10-14-31-48(45)57(50,3)4/h9-37H,7-8H2,1-6H3. The second-order valence-electron chi connectivity index (χ2n) is 18.2. The van der Waals surface area contributed by atoms with Crippen molar-refractivity contribution < 1.29 is 0 Å². The fourth-order valence-electron chi connectivity index (χ4n) is 11.9. The number of nitrogens with zero attached hydrogens (tertiary/aromatic N) is 1. The average molecular weight is 774 g/mol. The number of anilines is 3. The maximum absolute atomic E-state index is 2.59. The molecule has 1 nitrogen and oxygen atoms in total. The highest BCUT2D eigenvalue weighted by Crippen LogP contribution is 2.59. The van der Waals surface area contributed by atoms with E-state index in [1.165, 1.54) is 100 Å². The first-order valence-corrected chi connectivity index (χ1v) is 21.9. The van der Waals surface area contributed by atoms with Gasteiger partial charge in [-0.05, 0) is 115 Å². The minimum absolute atomic E-state index is 0.0459. The Morgan fingerprint density at radius 1 is 0.367 bits per heavy atom. The highest BCUT2D eigenvalue weighted by atomic mass is 15.1. The zero-order chi connectivity index (χ0) is 41.0. The molecule has 8 aromatic carbocycles. The van der Waals surface area contributed by atoms with Crippen molar-refractivity contribution in [3.8, 4) is 55.6 Å². The smallest absolute Gasteiger partial charge is 0.0543 e. The van der Waals surface area contributed by atoms with Gasteiger partial charge in [-0.15, -0.1) is 0 Å². The van der Waals surface area contributed by atoms with E-state index in [0.717, 1.165) is 18.5 Å². The van der Waals surface area contributed by atoms with Crippen molar-refractivity contribution in [1.29, 1.82) is 0 Å². The average Bonchev–Trinajstić information content (AvgIpc) is 3.82. The number of fused-ring (bicyclic) bond motifs is 9. The molecule has 11 rings (SSSR count). The van der Waals surface area contributed by atoms with E-state index < -0.39 is 0 Å². The zero-order valence-corrected chi connectivity index (χ0v) is 35.6. The van der Waals surface area contributed by atoms with Crippen molar-refractivity contribution in [2.24, 2.45) is 0 Å². The number of rotatable bonds is 7. The van der Waals surface area contributed by atoms with Gasteiger partial charge in [0, 0.05) is 33.1 Å². The van der Waals surface area contributed by atoms with Crippen molar-refractivity contribution in [1.82, 2.24) is 0 Å². The number of hydrogen-bond acceptors (Lipinski definition) is 1. The molecule has 0 aliphatic heterocycles. The van der Waals surface area contributed by atoms with Crippen molar-refractivity contribution >= 4 is 17.1 Å². The first kappa shape index (κ1) is 36.6. The summed E-state index contributed by atoms with van der Waals surface area (Å²) in [6.07, 6.45) is 2.09. The van der Waals surface area contributed by atoms with Crippen molar-refractivity contribution in [3.63, 3.8) is 0 Å². The molecule has 0 unspecified atom stereocenters. The van der Waals surface area contributed by atoms with Crippen molar-refractivity contribution in [2.75, 3.05) is 4.90 Å². The second kappa shape index (κ2) is 13.3. The minimum atomic E-state index is -0.129. The van der Waals surface area contributed by atoms with Crippen molar-refractivity contribution in [3.05, 3.63) is 209 Å². The molecule has 60 heavy (non-hydrogen) atoms. The molecule has 0 heterocycles. The minimum Gasteiger partial charge on any atom is -0.309 e. The quantitative estimate of drug-likeness (QED) is 0.156. The Morgan fingerprint density at radius 2 is 0.867 bits per heavy atom. The second-order valence-corrected chi connectivity index (χ2v) is 18.2. The summed E-state index contributed by atoms with van der Waals surface area (Å²) in [5.74, 6) is 0. The molecule has 0 amide bonds. The Bertz CT molecular complexity index is 3030. The number of para-hydroxylation sites is 1. The molecule has 1 heteroatoms. The topological polar surface area (TPSA) is 3.24 Å². The summed E-state index contributed by atoms with van der Waals surface area (Å²) >= 11 is 0. The van der Waals surface area contributed by atoms with Crippen LogP contribution in [0.15, 0.2) is 176 Å². The molecule has 0 N–H and O–H groups in total. The summed E-state index contributed by atoms with van der Waals surface area (Å²) in [6.45, 7) is 14.3. The molecular formula is C59H51N. The third-order valence-corrected chi connectivity index (χ3v) is 14.8. The zero-order valence-electron chi connectivity index (χ0n) is 35.6. The van der Waals surface area contributed by atoms with E-state index >= 15 is 0 Å². The van der Waals surface area contributed by atoms with Gasteiger partial charge in [0.1, 0.15) is 0 Å². The first-order valence-electron chi connectivity index (χ1n) is 21.9. The van der Waals surface area contributed by atoms with Crippen molar-refractivity contribution in [2.45, 2.75) is 70.6 Å². The van der Waals surface area contributed by atoms with Crippen LogP contribution in [-0.4, -0.2) is 0 Å². The maximum Gasteiger partial charge on any atom is 0.0543 e. The lowest BCUT2D eigenvalue weighted by atomic mass is 9.74. The summed E-state index contributed by atoms with van der Waals surface area (Å²) in [5.41, 5.74) is 24.8. The molecule has 3 aliphatic rings. The molecule has 0 atom stereocenters. The van der Waals surface area contributed by atoms with Gasteiger partial charge in [0.05, 0.1) is 11.4 Å². The number of benzene rings is 8. The van der Waals surface area contributed by atoms with E-state index in [0.29, 0.717) is 0 Å². The normalized spacial score (nSPS) is 15.4. The summed E-state index contributed by atoms with van der Waals surface area (Å²) in [6, 6.07) is 66.6. The van der Waals surface area contributed by atoms with Gasteiger partial charge in [0.15, 0.2) is 0 Å². The van der Waals surface area contributed by atoms with E-state index in [1.54, 1.807) is 0 Å². The van der Waals surface area contributed by atoms with Crippen LogP contribution in [0, 0.1) is 0 Å². The van der Waals surface area contributed by atoms with Crippen LogP contribution < -0.4 is 4.90 Å². The molecule has 8 aromatic rings. The highest BCUT2D eigenvalue weighted by Gasteiger charge is 2.43. The van der Waals surface area contributed by atoms with Gasteiger partial charge in [0.2, 0.25) is 0 Å². The molecule has 0 saturated carbocycles. The molecule has 0 aromatic heterocycles. The van der Waals surface area contributed by atoms with Crippen LogP contribution in [0.1, 0.15) is 87.8 Å². The SMILES string of the molecule is CCC1(CC)c2ccccc2-c2c(N(c3cccc(-c4cccc5c4C(C)(C)c4ccccc4-5)c3)c3ccccc3-c3cccc4c3-c3ccccc3C4(C)C)cccc21. The molecule has 292 valence electrons. The summed E-state index contributed by atoms with van der Waals surface area (Å²) in [7, 11) is 0. The van der Waals surface area contributed by atoms with Gasteiger partial charge < -0.3 is 4.90 Å². The lowest BCUT2D eigenvalue weighted by Gasteiger charge is -2.32. The Labute approximate surface area is 356 Å². The fourth-order valence-corrected chi connectivity index (χ4v) is 11.9. The van der Waals surface area contributed by atoms with E-state index in [2.05, 4.69) is 222 Å². The molecule has 0 bridgehead atoms. The molecule has 3 aliphatic carbocycles. The monoisotopic (exact) mass is 773 g/mol. The lowest BCUT2D eigenvalue weighted by molar-refractivity contribution is 0.490. The molecule has 0 saturated heterocycles. The van der Waals surface area contributed by atoms with Crippen LogP contribution in [0.4, 0.5) is 17.1 Å². The Balaban J connectivity index is 1.19. The molecule has 0 spiro atoms. The Kier molecular flexibility index (Phi) is 8.11. The van der Waals surface area contributed by atoms with Crippen LogP contribution in [-0.2, 0) is 16.2 Å². The van der Waals surface area contributed by atoms with Crippen LogP contribution >= 0.6 is 0 Å². The van der Waals surface area contributed by atoms with Crippen LogP contribution in [0.25, 0.3) is 55.6 Å².